The molecule has 1 aliphatic rings. The number of rotatable bonds is 5. The zero-order chi connectivity index (χ0) is 14.7. The molecule has 0 spiro atoms. The molecular weight excluding hydrogens is 292 g/mol. The third-order valence-electron chi connectivity index (χ3n) is 3.71. The Morgan fingerprint density at radius 3 is 2.76 bits per heavy atom. The average Bonchev–Trinajstić information content (AvgIpc) is 3.21. The summed E-state index contributed by atoms with van der Waals surface area (Å²) >= 11 is 5.68. The molecule has 1 aliphatic heterocycles. The van der Waals surface area contributed by atoms with Gasteiger partial charge in [0.2, 0.25) is 0 Å². The summed E-state index contributed by atoms with van der Waals surface area (Å²) in [7, 11) is 0. The van der Waals surface area contributed by atoms with Gasteiger partial charge in [-0.3, -0.25) is 9.69 Å². The molecule has 0 saturated carbocycles. The normalized spacial score (nSPS) is 17.0. The SMILES string of the molecule is O=C(NCC(c1ccco1)N1CCCC1)c1ccc(Cl)o1. The smallest absolute Gasteiger partial charge is 0.287 e. The van der Waals surface area contributed by atoms with E-state index in [2.05, 4.69) is 10.2 Å². The van der Waals surface area contributed by atoms with Gasteiger partial charge in [0.25, 0.3) is 5.91 Å². The lowest BCUT2D eigenvalue weighted by Gasteiger charge is -2.25. The third-order valence-corrected chi connectivity index (χ3v) is 3.91. The van der Waals surface area contributed by atoms with Crippen molar-refractivity contribution in [1.82, 2.24) is 10.2 Å². The Bertz CT molecular complexity index is 588. The molecule has 0 aliphatic carbocycles. The molecule has 1 fully saturated rings. The molecule has 1 atom stereocenters. The minimum atomic E-state index is -0.266. The number of carbonyl (C=O) groups excluding carboxylic acids is 1. The topological polar surface area (TPSA) is 58.6 Å². The number of nitrogens with zero attached hydrogens (tertiary/aromatic N) is 1. The summed E-state index contributed by atoms with van der Waals surface area (Å²) in [5, 5.41) is 3.09. The standard InChI is InChI=1S/C15H17ClN2O3/c16-14-6-5-13(21-14)15(19)17-10-11(12-4-3-9-20-12)18-7-1-2-8-18/h3-6,9,11H,1-2,7-8,10H2,(H,17,19). The molecule has 0 radical (unpaired) electrons. The average molecular weight is 309 g/mol. The quantitative estimate of drug-likeness (QED) is 0.922. The van der Waals surface area contributed by atoms with Gasteiger partial charge in [0, 0.05) is 6.54 Å². The van der Waals surface area contributed by atoms with Gasteiger partial charge in [-0.25, -0.2) is 0 Å². The van der Waals surface area contributed by atoms with Crippen molar-refractivity contribution in [1.29, 1.82) is 0 Å². The van der Waals surface area contributed by atoms with E-state index in [-0.39, 0.29) is 22.9 Å². The molecule has 1 saturated heterocycles. The second-order valence-electron chi connectivity index (χ2n) is 5.09. The first-order chi connectivity index (χ1) is 10.2. The van der Waals surface area contributed by atoms with E-state index in [1.165, 1.54) is 12.8 Å². The number of carbonyl (C=O) groups is 1. The van der Waals surface area contributed by atoms with E-state index in [9.17, 15) is 4.79 Å². The molecule has 0 aromatic carbocycles. The van der Waals surface area contributed by atoms with E-state index >= 15 is 0 Å². The van der Waals surface area contributed by atoms with Gasteiger partial charge in [0.15, 0.2) is 11.0 Å². The van der Waals surface area contributed by atoms with Crippen molar-refractivity contribution in [2.45, 2.75) is 18.9 Å². The first-order valence-electron chi connectivity index (χ1n) is 7.05. The lowest BCUT2D eigenvalue weighted by molar-refractivity contribution is 0.0906. The Morgan fingerprint density at radius 2 is 2.14 bits per heavy atom. The molecule has 21 heavy (non-hydrogen) atoms. The second-order valence-corrected chi connectivity index (χ2v) is 5.46. The first-order valence-corrected chi connectivity index (χ1v) is 7.43. The Kier molecular flexibility index (Phi) is 4.31. The highest BCUT2D eigenvalue weighted by Crippen LogP contribution is 2.25. The molecule has 5 nitrogen and oxygen atoms in total. The highest BCUT2D eigenvalue weighted by molar-refractivity contribution is 6.29. The zero-order valence-electron chi connectivity index (χ0n) is 11.5. The van der Waals surface area contributed by atoms with Gasteiger partial charge in [-0.1, -0.05) is 0 Å². The summed E-state index contributed by atoms with van der Waals surface area (Å²) in [6.45, 7) is 2.52. The van der Waals surface area contributed by atoms with E-state index in [1.54, 1.807) is 18.4 Å². The molecule has 112 valence electrons. The molecule has 6 heteroatoms. The molecule has 1 N–H and O–H groups in total. The summed E-state index contributed by atoms with van der Waals surface area (Å²) in [6.07, 6.45) is 4.02. The van der Waals surface area contributed by atoms with Crippen LogP contribution in [0.1, 0.15) is 35.2 Å². The molecule has 1 amide bonds. The molecule has 3 heterocycles. The largest absolute Gasteiger partial charge is 0.468 e. The van der Waals surface area contributed by atoms with Crippen molar-refractivity contribution in [3.05, 3.63) is 47.3 Å². The predicted octanol–water partition coefficient (Wildman–Crippen LogP) is 3.09. The van der Waals surface area contributed by atoms with Crippen LogP contribution in [-0.4, -0.2) is 30.4 Å². The Hall–Kier alpha value is -1.72. The maximum Gasteiger partial charge on any atom is 0.287 e. The lowest BCUT2D eigenvalue weighted by Crippen LogP contribution is -2.36. The van der Waals surface area contributed by atoms with Gasteiger partial charge in [0.05, 0.1) is 12.3 Å². The first kappa shape index (κ1) is 14.2. The van der Waals surface area contributed by atoms with Crippen molar-refractivity contribution in [3.63, 3.8) is 0 Å². The second kappa shape index (κ2) is 6.37. The van der Waals surface area contributed by atoms with Gasteiger partial charge in [-0.15, -0.1) is 0 Å². The minimum Gasteiger partial charge on any atom is -0.468 e. The number of hydrogen-bond acceptors (Lipinski definition) is 4. The number of nitrogens with one attached hydrogen (secondary N) is 1. The van der Waals surface area contributed by atoms with E-state index in [0.29, 0.717) is 6.54 Å². The number of furan rings is 2. The van der Waals surface area contributed by atoms with Crippen LogP contribution in [0.3, 0.4) is 0 Å². The van der Waals surface area contributed by atoms with Crippen LogP contribution in [0.2, 0.25) is 5.22 Å². The van der Waals surface area contributed by atoms with Crippen LogP contribution in [0.5, 0.6) is 0 Å². The maximum absolute atomic E-state index is 12.0. The zero-order valence-corrected chi connectivity index (χ0v) is 12.3. The van der Waals surface area contributed by atoms with Crippen molar-refractivity contribution in [2.24, 2.45) is 0 Å². The van der Waals surface area contributed by atoms with Gasteiger partial charge in [-0.05, 0) is 61.8 Å². The van der Waals surface area contributed by atoms with Crippen LogP contribution in [0.15, 0.2) is 39.4 Å². The van der Waals surface area contributed by atoms with Crippen LogP contribution < -0.4 is 5.32 Å². The Morgan fingerprint density at radius 1 is 1.33 bits per heavy atom. The summed E-state index contributed by atoms with van der Waals surface area (Å²) in [4.78, 5) is 14.4. The number of hydrogen-bond donors (Lipinski definition) is 1. The van der Waals surface area contributed by atoms with E-state index in [1.807, 2.05) is 12.1 Å². The summed E-state index contributed by atoms with van der Waals surface area (Å²) in [5.41, 5.74) is 0. The Labute approximate surface area is 127 Å². The van der Waals surface area contributed by atoms with Crippen molar-refractivity contribution >= 4 is 17.5 Å². The molecule has 3 rings (SSSR count). The van der Waals surface area contributed by atoms with Gasteiger partial charge < -0.3 is 14.2 Å². The van der Waals surface area contributed by atoms with Gasteiger partial charge >= 0.3 is 0 Å². The fourth-order valence-electron chi connectivity index (χ4n) is 2.66. The number of amides is 1. The fraction of sp³-hybridized carbons (Fsp3) is 0.400. The molecule has 2 aromatic heterocycles. The van der Waals surface area contributed by atoms with Crippen LogP contribution in [0.25, 0.3) is 0 Å². The monoisotopic (exact) mass is 308 g/mol. The molecule has 0 bridgehead atoms. The number of likely N-dealkylation sites (tertiary alicyclic amines) is 1. The predicted molar refractivity (Wildman–Crippen MR) is 78.3 cm³/mol. The number of halogens is 1. The van der Waals surface area contributed by atoms with E-state index in [0.717, 1.165) is 18.8 Å². The van der Waals surface area contributed by atoms with Crippen molar-refractivity contribution in [2.75, 3.05) is 19.6 Å². The maximum atomic E-state index is 12.0. The summed E-state index contributed by atoms with van der Waals surface area (Å²) in [5.74, 6) is 0.826. The highest BCUT2D eigenvalue weighted by Gasteiger charge is 2.26. The minimum absolute atomic E-state index is 0.0527. The third kappa shape index (κ3) is 3.31. The molecule has 1 unspecified atom stereocenters. The van der Waals surface area contributed by atoms with Crippen LogP contribution in [-0.2, 0) is 0 Å². The molecular formula is C15H17ClN2O3. The van der Waals surface area contributed by atoms with Gasteiger partial charge in [-0.2, -0.15) is 0 Å². The fourth-order valence-corrected chi connectivity index (χ4v) is 2.80. The van der Waals surface area contributed by atoms with Crippen LogP contribution >= 0.6 is 11.6 Å². The van der Waals surface area contributed by atoms with E-state index < -0.39 is 0 Å². The van der Waals surface area contributed by atoms with E-state index in [4.69, 9.17) is 20.4 Å². The summed E-state index contributed by atoms with van der Waals surface area (Å²) < 4.78 is 10.6. The summed E-state index contributed by atoms with van der Waals surface area (Å²) in [6, 6.07) is 6.99. The highest BCUT2D eigenvalue weighted by atomic mass is 35.5. The van der Waals surface area contributed by atoms with Crippen molar-refractivity contribution in [3.8, 4) is 0 Å². The van der Waals surface area contributed by atoms with Gasteiger partial charge in [0.1, 0.15) is 5.76 Å². The van der Waals surface area contributed by atoms with Crippen LogP contribution in [0.4, 0.5) is 0 Å². The van der Waals surface area contributed by atoms with Crippen molar-refractivity contribution < 1.29 is 13.6 Å². The molecule has 2 aromatic rings. The van der Waals surface area contributed by atoms with Crippen LogP contribution in [0, 0.1) is 0 Å². The Balaban J connectivity index is 1.66. The lowest BCUT2D eigenvalue weighted by atomic mass is 10.2.